The highest BCUT2D eigenvalue weighted by Gasteiger charge is 2.21. The Morgan fingerprint density at radius 3 is 2.89 bits per heavy atom. The van der Waals surface area contributed by atoms with Crippen LogP contribution in [-0.4, -0.2) is 54.2 Å². The highest BCUT2D eigenvalue weighted by Crippen LogP contribution is 2.21. The number of benzene rings is 1. The van der Waals surface area contributed by atoms with Gasteiger partial charge in [-0.25, -0.2) is 0 Å². The van der Waals surface area contributed by atoms with E-state index in [-0.39, 0.29) is 0 Å². The fraction of sp³-hybridized carbons (Fsp3) is 0.600. The summed E-state index contributed by atoms with van der Waals surface area (Å²) >= 11 is 5.95. The zero-order valence-electron chi connectivity index (χ0n) is 11.7. The first-order chi connectivity index (χ1) is 9.06. The lowest BCUT2D eigenvalue weighted by molar-refractivity contribution is 0.0839. The molecule has 0 saturated carbocycles. The van der Waals surface area contributed by atoms with Crippen LogP contribution in [0.25, 0.3) is 0 Å². The molecular weight excluding hydrogens is 260 g/mol. The molecular formula is C15H23ClN2O. The van der Waals surface area contributed by atoms with Gasteiger partial charge in [0, 0.05) is 37.2 Å². The number of nitrogens with zero attached hydrogens (tertiary/aromatic N) is 2. The van der Waals surface area contributed by atoms with Crippen LogP contribution in [0, 0.1) is 0 Å². The van der Waals surface area contributed by atoms with Crippen molar-refractivity contribution in [3.63, 3.8) is 0 Å². The summed E-state index contributed by atoms with van der Waals surface area (Å²) < 4.78 is 0. The molecule has 1 N–H and O–H groups in total. The summed E-state index contributed by atoms with van der Waals surface area (Å²) in [6, 6.07) is 8.10. The standard InChI is InChI=1S/C15H23ClN2O/c1-12-11-18(9-8-17(12)2)7-6-15(19)13-4-3-5-14(16)10-13/h3-5,10,12,15,19H,6-9,11H2,1-2H3. The molecule has 4 heteroatoms. The van der Waals surface area contributed by atoms with Gasteiger partial charge in [-0.1, -0.05) is 23.7 Å². The molecule has 19 heavy (non-hydrogen) atoms. The van der Waals surface area contributed by atoms with Crippen molar-refractivity contribution in [3.8, 4) is 0 Å². The van der Waals surface area contributed by atoms with E-state index in [0.717, 1.165) is 38.2 Å². The molecule has 1 aromatic carbocycles. The Bertz CT molecular complexity index is 413. The van der Waals surface area contributed by atoms with Gasteiger partial charge in [-0.3, -0.25) is 0 Å². The van der Waals surface area contributed by atoms with E-state index in [9.17, 15) is 5.11 Å². The van der Waals surface area contributed by atoms with Crippen LogP contribution in [-0.2, 0) is 0 Å². The predicted molar refractivity (Wildman–Crippen MR) is 79.6 cm³/mol. The number of halogens is 1. The summed E-state index contributed by atoms with van der Waals surface area (Å²) in [6.07, 6.45) is 0.338. The fourth-order valence-corrected chi connectivity index (χ4v) is 2.71. The monoisotopic (exact) mass is 282 g/mol. The lowest BCUT2D eigenvalue weighted by Gasteiger charge is -2.38. The van der Waals surface area contributed by atoms with Crippen LogP contribution in [0.5, 0.6) is 0 Å². The molecule has 0 radical (unpaired) electrons. The zero-order valence-corrected chi connectivity index (χ0v) is 12.5. The maximum absolute atomic E-state index is 10.2. The van der Waals surface area contributed by atoms with Crippen LogP contribution >= 0.6 is 11.6 Å². The average Bonchev–Trinajstić information content (AvgIpc) is 2.40. The summed E-state index contributed by atoms with van der Waals surface area (Å²) in [5.41, 5.74) is 0.912. The van der Waals surface area contributed by atoms with Crippen LogP contribution < -0.4 is 0 Å². The molecule has 1 fully saturated rings. The number of hydrogen-bond donors (Lipinski definition) is 1. The highest BCUT2D eigenvalue weighted by atomic mass is 35.5. The van der Waals surface area contributed by atoms with Crippen LogP contribution in [0.1, 0.15) is 25.0 Å². The molecule has 0 amide bonds. The van der Waals surface area contributed by atoms with Gasteiger partial charge >= 0.3 is 0 Å². The number of piperazine rings is 1. The van der Waals surface area contributed by atoms with Crippen molar-refractivity contribution in [2.24, 2.45) is 0 Å². The quantitative estimate of drug-likeness (QED) is 0.919. The molecule has 1 heterocycles. The third kappa shape index (κ3) is 4.18. The summed E-state index contributed by atoms with van der Waals surface area (Å²) in [4.78, 5) is 4.81. The zero-order chi connectivity index (χ0) is 13.8. The molecule has 1 aliphatic rings. The third-order valence-electron chi connectivity index (χ3n) is 4.00. The molecule has 2 unspecified atom stereocenters. The van der Waals surface area contributed by atoms with Crippen LogP contribution in [0.3, 0.4) is 0 Å². The number of rotatable bonds is 4. The van der Waals surface area contributed by atoms with Crippen LogP contribution in [0.15, 0.2) is 24.3 Å². The van der Waals surface area contributed by atoms with Gasteiger partial charge in [-0.15, -0.1) is 0 Å². The van der Waals surface area contributed by atoms with Crippen molar-refractivity contribution in [2.45, 2.75) is 25.5 Å². The van der Waals surface area contributed by atoms with E-state index in [1.807, 2.05) is 24.3 Å². The summed E-state index contributed by atoms with van der Waals surface area (Å²) in [6.45, 7) is 6.46. The van der Waals surface area contributed by atoms with Crippen molar-refractivity contribution >= 4 is 11.6 Å². The molecule has 3 nitrogen and oxygen atoms in total. The first-order valence-corrected chi connectivity index (χ1v) is 7.30. The smallest absolute Gasteiger partial charge is 0.0802 e. The molecule has 0 bridgehead atoms. The van der Waals surface area contributed by atoms with Gasteiger partial charge in [0.15, 0.2) is 0 Å². The number of hydrogen-bond acceptors (Lipinski definition) is 3. The SMILES string of the molecule is CC1CN(CCC(O)c2cccc(Cl)c2)CCN1C. The second-order valence-electron chi connectivity index (χ2n) is 5.49. The topological polar surface area (TPSA) is 26.7 Å². The van der Waals surface area contributed by atoms with Gasteiger partial charge in [0.25, 0.3) is 0 Å². The van der Waals surface area contributed by atoms with E-state index in [0.29, 0.717) is 11.1 Å². The fourth-order valence-electron chi connectivity index (χ4n) is 2.51. The Kier molecular flexibility index (Phi) is 5.22. The molecule has 2 atom stereocenters. The van der Waals surface area contributed by atoms with E-state index >= 15 is 0 Å². The van der Waals surface area contributed by atoms with Gasteiger partial charge in [0.05, 0.1) is 6.10 Å². The number of aliphatic hydroxyl groups excluding tert-OH is 1. The second kappa shape index (κ2) is 6.71. The normalized spacial score (nSPS) is 23.5. The van der Waals surface area contributed by atoms with Gasteiger partial charge in [0.1, 0.15) is 0 Å². The minimum atomic E-state index is -0.423. The maximum atomic E-state index is 10.2. The van der Waals surface area contributed by atoms with Crippen molar-refractivity contribution in [1.82, 2.24) is 9.80 Å². The minimum Gasteiger partial charge on any atom is -0.388 e. The molecule has 1 saturated heterocycles. The first-order valence-electron chi connectivity index (χ1n) is 6.92. The third-order valence-corrected chi connectivity index (χ3v) is 4.23. The maximum Gasteiger partial charge on any atom is 0.0802 e. The summed E-state index contributed by atoms with van der Waals surface area (Å²) in [5, 5.41) is 10.9. The summed E-state index contributed by atoms with van der Waals surface area (Å²) in [7, 11) is 2.17. The largest absolute Gasteiger partial charge is 0.388 e. The van der Waals surface area contributed by atoms with Crippen LogP contribution in [0.2, 0.25) is 5.02 Å². The Morgan fingerprint density at radius 1 is 1.42 bits per heavy atom. The van der Waals surface area contributed by atoms with Crippen molar-refractivity contribution in [1.29, 1.82) is 0 Å². The molecule has 1 aromatic rings. The van der Waals surface area contributed by atoms with E-state index in [4.69, 9.17) is 11.6 Å². The number of likely N-dealkylation sites (N-methyl/N-ethyl adjacent to an activating group) is 1. The molecule has 2 rings (SSSR count). The Morgan fingerprint density at radius 2 is 2.21 bits per heavy atom. The predicted octanol–water partition coefficient (Wildman–Crippen LogP) is 2.40. The van der Waals surface area contributed by atoms with E-state index in [1.54, 1.807) is 0 Å². The molecule has 0 spiro atoms. The molecule has 1 aliphatic heterocycles. The van der Waals surface area contributed by atoms with Crippen molar-refractivity contribution in [2.75, 3.05) is 33.2 Å². The van der Waals surface area contributed by atoms with E-state index < -0.39 is 6.10 Å². The molecule has 106 valence electrons. The molecule has 0 aromatic heterocycles. The van der Waals surface area contributed by atoms with Gasteiger partial charge in [-0.05, 0) is 38.1 Å². The van der Waals surface area contributed by atoms with E-state index in [2.05, 4.69) is 23.8 Å². The lowest BCUT2D eigenvalue weighted by atomic mass is 10.1. The second-order valence-corrected chi connectivity index (χ2v) is 5.93. The lowest BCUT2D eigenvalue weighted by Crippen LogP contribution is -2.50. The Balaban J connectivity index is 1.82. The first kappa shape index (κ1) is 14.8. The summed E-state index contributed by atoms with van der Waals surface area (Å²) in [5.74, 6) is 0. The average molecular weight is 283 g/mol. The van der Waals surface area contributed by atoms with Gasteiger partial charge in [0.2, 0.25) is 0 Å². The highest BCUT2D eigenvalue weighted by molar-refractivity contribution is 6.30. The Labute approximate surface area is 120 Å². The van der Waals surface area contributed by atoms with Gasteiger partial charge in [-0.2, -0.15) is 0 Å². The van der Waals surface area contributed by atoms with E-state index in [1.165, 1.54) is 0 Å². The van der Waals surface area contributed by atoms with Crippen molar-refractivity contribution < 1.29 is 5.11 Å². The van der Waals surface area contributed by atoms with Crippen LogP contribution in [0.4, 0.5) is 0 Å². The Hall–Kier alpha value is -0.610. The van der Waals surface area contributed by atoms with Crippen molar-refractivity contribution in [3.05, 3.63) is 34.9 Å². The van der Waals surface area contributed by atoms with Gasteiger partial charge < -0.3 is 14.9 Å². The number of aliphatic hydroxyl groups is 1. The minimum absolute atomic E-state index is 0.423. The molecule has 0 aliphatic carbocycles.